The minimum Gasteiger partial charge on any atom is -0.481 e. The first-order valence-electron chi connectivity index (χ1n) is 5.74. The lowest BCUT2D eigenvalue weighted by atomic mass is 9.80. The third kappa shape index (κ3) is 2.90. The summed E-state index contributed by atoms with van der Waals surface area (Å²) in [5, 5.41) is 19.7. The first kappa shape index (κ1) is 12.2. The third-order valence-electron chi connectivity index (χ3n) is 3.46. The molecule has 92 valence electrons. The first-order valence-corrected chi connectivity index (χ1v) is 6.78. The SMILES string of the molecule is O=C(O)C1CCC(O)(CSC2COC2)CC1. The molecular weight excluding hydrogens is 228 g/mol. The molecule has 2 aliphatic rings. The largest absolute Gasteiger partial charge is 0.481 e. The van der Waals surface area contributed by atoms with Crippen LogP contribution in [0, 0.1) is 5.92 Å². The highest BCUT2D eigenvalue weighted by Gasteiger charge is 2.36. The number of ether oxygens (including phenoxy) is 1. The van der Waals surface area contributed by atoms with Gasteiger partial charge in [-0.1, -0.05) is 0 Å². The van der Waals surface area contributed by atoms with Gasteiger partial charge in [0.15, 0.2) is 0 Å². The number of carboxylic acid groups (broad SMARTS) is 1. The van der Waals surface area contributed by atoms with E-state index in [-0.39, 0.29) is 5.92 Å². The van der Waals surface area contributed by atoms with Gasteiger partial charge >= 0.3 is 5.97 Å². The van der Waals surface area contributed by atoms with E-state index in [1.807, 2.05) is 0 Å². The van der Waals surface area contributed by atoms with Gasteiger partial charge in [0.25, 0.3) is 0 Å². The molecule has 1 saturated heterocycles. The van der Waals surface area contributed by atoms with Crippen LogP contribution < -0.4 is 0 Å². The molecule has 0 atom stereocenters. The van der Waals surface area contributed by atoms with E-state index in [2.05, 4.69) is 0 Å². The molecule has 5 heteroatoms. The van der Waals surface area contributed by atoms with Gasteiger partial charge in [-0.2, -0.15) is 11.8 Å². The van der Waals surface area contributed by atoms with Crippen LogP contribution in [-0.4, -0.2) is 46.0 Å². The summed E-state index contributed by atoms with van der Waals surface area (Å²) >= 11 is 1.76. The van der Waals surface area contributed by atoms with E-state index in [1.165, 1.54) is 0 Å². The highest BCUT2D eigenvalue weighted by atomic mass is 32.2. The molecular formula is C11H18O4S. The number of aliphatic carboxylic acids is 1. The van der Waals surface area contributed by atoms with Gasteiger partial charge in [-0.25, -0.2) is 0 Å². The van der Waals surface area contributed by atoms with Gasteiger partial charge in [-0.05, 0) is 25.7 Å². The van der Waals surface area contributed by atoms with Gasteiger partial charge < -0.3 is 14.9 Å². The van der Waals surface area contributed by atoms with Crippen molar-refractivity contribution < 1.29 is 19.7 Å². The molecule has 4 nitrogen and oxygen atoms in total. The van der Waals surface area contributed by atoms with E-state index >= 15 is 0 Å². The lowest BCUT2D eigenvalue weighted by Gasteiger charge is -2.36. The van der Waals surface area contributed by atoms with Gasteiger partial charge in [0, 0.05) is 5.75 Å². The van der Waals surface area contributed by atoms with Crippen LogP contribution in [-0.2, 0) is 9.53 Å². The standard InChI is InChI=1S/C11H18O4S/c12-10(13)8-1-3-11(14,4-2-8)7-16-9-5-15-6-9/h8-9,14H,1-7H2,(H,12,13). The summed E-state index contributed by atoms with van der Waals surface area (Å²) in [5.41, 5.74) is -0.647. The van der Waals surface area contributed by atoms with Crippen LogP contribution in [0.2, 0.25) is 0 Å². The van der Waals surface area contributed by atoms with E-state index in [0.717, 1.165) is 13.2 Å². The molecule has 0 aromatic rings. The molecule has 2 rings (SSSR count). The topological polar surface area (TPSA) is 66.8 Å². The molecule has 1 aliphatic heterocycles. The zero-order valence-corrected chi connectivity index (χ0v) is 10.0. The Morgan fingerprint density at radius 1 is 1.38 bits per heavy atom. The van der Waals surface area contributed by atoms with Crippen molar-refractivity contribution >= 4 is 17.7 Å². The van der Waals surface area contributed by atoms with E-state index in [9.17, 15) is 9.90 Å². The predicted octanol–water partition coefficient (Wildman–Crippen LogP) is 1.12. The summed E-state index contributed by atoms with van der Waals surface area (Å²) in [6.07, 6.45) is 2.44. The summed E-state index contributed by atoms with van der Waals surface area (Å²) < 4.78 is 5.08. The maximum atomic E-state index is 10.8. The Kier molecular flexibility index (Phi) is 3.77. The summed E-state index contributed by atoms with van der Waals surface area (Å²) in [5.74, 6) is -0.257. The lowest BCUT2D eigenvalue weighted by Crippen LogP contribution is -2.40. The van der Waals surface area contributed by atoms with Crippen molar-refractivity contribution in [1.29, 1.82) is 0 Å². The molecule has 2 fully saturated rings. The number of thioether (sulfide) groups is 1. The van der Waals surface area contributed by atoms with Crippen LogP contribution in [0.15, 0.2) is 0 Å². The lowest BCUT2D eigenvalue weighted by molar-refractivity contribution is -0.144. The number of rotatable bonds is 4. The van der Waals surface area contributed by atoms with E-state index in [1.54, 1.807) is 11.8 Å². The molecule has 0 spiro atoms. The summed E-state index contributed by atoms with van der Waals surface area (Å²) in [7, 11) is 0. The minimum atomic E-state index is -0.720. The van der Waals surface area contributed by atoms with Crippen molar-refractivity contribution in [1.82, 2.24) is 0 Å². The maximum absolute atomic E-state index is 10.8. The fourth-order valence-corrected chi connectivity index (χ4v) is 3.35. The van der Waals surface area contributed by atoms with Gasteiger partial charge in [0.1, 0.15) is 0 Å². The van der Waals surface area contributed by atoms with Gasteiger partial charge in [0.2, 0.25) is 0 Å². The van der Waals surface area contributed by atoms with Crippen molar-refractivity contribution in [3.8, 4) is 0 Å². The van der Waals surface area contributed by atoms with Crippen molar-refractivity contribution in [2.75, 3.05) is 19.0 Å². The van der Waals surface area contributed by atoms with Crippen LogP contribution >= 0.6 is 11.8 Å². The van der Waals surface area contributed by atoms with Crippen molar-refractivity contribution in [2.24, 2.45) is 5.92 Å². The second-order valence-corrected chi connectivity index (χ2v) is 6.10. The van der Waals surface area contributed by atoms with Crippen molar-refractivity contribution in [2.45, 2.75) is 36.5 Å². The second-order valence-electron chi connectivity index (χ2n) is 4.81. The Bertz CT molecular complexity index is 257. The van der Waals surface area contributed by atoms with Gasteiger partial charge in [-0.15, -0.1) is 0 Å². The molecule has 0 aromatic heterocycles. The van der Waals surface area contributed by atoms with E-state index < -0.39 is 11.6 Å². The molecule has 1 aliphatic carbocycles. The van der Waals surface area contributed by atoms with Crippen LogP contribution in [0.4, 0.5) is 0 Å². The van der Waals surface area contributed by atoms with Crippen molar-refractivity contribution in [3.63, 3.8) is 0 Å². The zero-order chi connectivity index (χ0) is 11.6. The molecule has 16 heavy (non-hydrogen) atoms. The Morgan fingerprint density at radius 3 is 2.44 bits per heavy atom. The number of hydrogen-bond acceptors (Lipinski definition) is 4. The highest BCUT2D eigenvalue weighted by Crippen LogP contribution is 2.36. The first-order chi connectivity index (χ1) is 7.59. The number of carbonyl (C=O) groups is 1. The normalized spacial score (nSPS) is 35.7. The Hall–Kier alpha value is -0.260. The van der Waals surface area contributed by atoms with Crippen molar-refractivity contribution in [3.05, 3.63) is 0 Å². The second kappa shape index (κ2) is 4.94. The molecule has 1 heterocycles. The smallest absolute Gasteiger partial charge is 0.306 e. The average Bonchev–Trinajstić information content (AvgIpc) is 2.15. The zero-order valence-electron chi connectivity index (χ0n) is 9.22. The average molecular weight is 246 g/mol. The Morgan fingerprint density at radius 2 is 2.00 bits per heavy atom. The van der Waals surface area contributed by atoms with Crippen LogP contribution in [0.1, 0.15) is 25.7 Å². The molecule has 1 saturated carbocycles. The number of aliphatic hydroxyl groups is 1. The number of hydrogen-bond donors (Lipinski definition) is 2. The van der Waals surface area contributed by atoms with Crippen LogP contribution in [0.5, 0.6) is 0 Å². The summed E-state index contributed by atoms with van der Waals surface area (Å²) in [6.45, 7) is 1.58. The number of carboxylic acids is 1. The molecule has 0 radical (unpaired) electrons. The van der Waals surface area contributed by atoms with Crippen LogP contribution in [0.25, 0.3) is 0 Å². The maximum Gasteiger partial charge on any atom is 0.306 e. The summed E-state index contributed by atoms with van der Waals surface area (Å²) in [4.78, 5) is 10.8. The molecule has 2 N–H and O–H groups in total. The van der Waals surface area contributed by atoms with Crippen LogP contribution in [0.3, 0.4) is 0 Å². The summed E-state index contributed by atoms with van der Waals surface area (Å²) in [6, 6.07) is 0. The third-order valence-corrected chi connectivity index (χ3v) is 4.91. The Balaban J connectivity index is 1.74. The fraction of sp³-hybridized carbons (Fsp3) is 0.909. The predicted molar refractivity (Wildman–Crippen MR) is 61.6 cm³/mol. The van der Waals surface area contributed by atoms with E-state index in [4.69, 9.17) is 9.84 Å². The quantitative estimate of drug-likeness (QED) is 0.778. The highest BCUT2D eigenvalue weighted by molar-refractivity contribution is 8.00. The van der Waals surface area contributed by atoms with Gasteiger partial charge in [-0.3, -0.25) is 4.79 Å². The molecule has 0 bridgehead atoms. The van der Waals surface area contributed by atoms with E-state index in [0.29, 0.717) is 36.7 Å². The van der Waals surface area contributed by atoms with Gasteiger partial charge in [0.05, 0.1) is 30.0 Å². The molecule has 0 unspecified atom stereocenters. The fourth-order valence-electron chi connectivity index (χ4n) is 2.13. The molecule has 0 amide bonds. The minimum absolute atomic E-state index is 0.252. The monoisotopic (exact) mass is 246 g/mol. The molecule has 0 aromatic carbocycles. The Labute approximate surface area is 99.4 Å².